The number of hydrogen-bond donors (Lipinski definition) is 1. The highest BCUT2D eigenvalue weighted by Gasteiger charge is 2.07. The summed E-state index contributed by atoms with van der Waals surface area (Å²) in [7, 11) is 0. The van der Waals surface area contributed by atoms with E-state index in [0.29, 0.717) is 5.41 Å². The largest absolute Gasteiger partial charge is 0.316 e. The molecule has 1 N–H and O–H groups in total. The normalized spacial score (nSPS) is 11.5. The van der Waals surface area contributed by atoms with Crippen LogP contribution in [0.4, 0.5) is 0 Å². The zero-order chi connectivity index (χ0) is 16.5. The minimum atomic E-state index is 0. The van der Waals surface area contributed by atoms with E-state index in [4.69, 9.17) is 0 Å². The monoisotopic (exact) mass is 391 g/mol. The molecular weight excluding hydrogens is 346 g/mol. The second kappa shape index (κ2) is 18.8. The average molecular weight is 393 g/mol. The van der Waals surface area contributed by atoms with Gasteiger partial charge in [0.2, 0.25) is 0 Å². The molecule has 0 aromatic carbocycles. The fourth-order valence-electron chi connectivity index (χ4n) is 2.91. The minimum absolute atomic E-state index is 0. The van der Waals surface area contributed by atoms with Crippen molar-refractivity contribution in [3.05, 3.63) is 0 Å². The molecule has 0 aromatic rings. The van der Waals surface area contributed by atoms with Crippen LogP contribution in [0.1, 0.15) is 118 Å². The van der Waals surface area contributed by atoms with Gasteiger partial charge in [-0.3, -0.25) is 0 Å². The molecule has 0 spiro atoms. The Morgan fingerprint density at radius 2 is 0.913 bits per heavy atom. The highest BCUT2D eigenvalue weighted by molar-refractivity contribution is 8.93. The van der Waals surface area contributed by atoms with Gasteiger partial charge in [-0.25, -0.2) is 0 Å². The van der Waals surface area contributed by atoms with Crippen LogP contribution in [-0.2, 0) is 0 Å². The smallest absolute Gasteiger partial charge is 0.0000126 e. The van der Waals surface area contributed by atoms with Crippen LogP contribution in [0.3, 0.4) is 0 Å². The van der Waals surface area contributed by atoms with Crippen LogP contribution in [0.2, 0.25) is 0 Å². The third-order valence-electron chi connectivity index (χ3n) is 4.36. The molecule has 0 fully saturated rings. The maximum atomic E-state index is 3.57. The van der Waals surface area contributed by atoms with Crippen LogP contribution < -0.4 is 5.32 Å². The molecule has 0 aliphatic carbocycles. The van der Waals surface area contributed by atoms with Gasteiger partial charge in [0.15, 0.2) is 0 Å². The van der Waals surface area contributed by atoms with Crippen molar-refractivity contribution in [2.24, 2.45) is 5.41 Å². The predicted molar refractivity (Wildman–Crippen MR) is 113 cm³/mol. The van der Waals surface area contributed by atoms with Crippen molar-refractivity contribution in [3.8, 4) is 0 Å². The Labute approximate surface area is 158 Å². The molecule has 0 radical (unpaired) electrons. The molecule has 0 aromatic heterocycles. The van der Waals surface area contributed by atoms with Gasteiger partial charge in [0, 0.05) is 0 Å². The number of halogens is 1. The van der Waals surface area contributed by atoms with Crippen molar-refractivity contribution in [2.45, 2.75) is 118 Å². The van der Waals surface area contributed by atoms with E-state index in [0.717, 1.165) is 6.54 Å². The number of hydrogen-bond acceptors (Lipinski definition) is 1. The van der Waals surface area contributed by atoms with Crippen LogP contribution in [0.25, 0.3) is 0 Å². The van der Waals surface area contributed by atoms with E-state index in [1.807, 2.05) is 0 Å². The van der Waals surface area contributed by atoms with E-state index in [9.17, 15) is 0 Å². The van der Waals surface area contributed by atoms with Gasteiger partial charge in [-0.2, -0.15) is 0 Å². The van der Waals surface area contributed by atoms with Crippen LogP contribution >= 0.6 is 17.0 Å². The van der Waals surface area contributed by atoms with Crippen molar-refractivity contribution < 1.29 is 0 Å². The van der Waals surface area contributed by atoms with Crippen molar-refractivity contribution >= 4 is 17.0 Å². The topological polar surface area (TPSA) is 12.0 Å². The van der Waals surface area contributed by atoms with Gasteiger partial charge in [0.1, 0.15) is 0 Å². The van der Waals surface area contributed by atoms with Crippen LogP contribution in [-0.4, -0.2) is 13.1 Å². The zero-order valence-electron chi connectivity index (χ0n) is 16.7. The molecule has 0 bridgehead atoms. The summed E-state index contributed by atoms with van der Waals surface area (Å²) in [5.74, 6) is 0. The first-order chi connectivity index (χ1) is 10.6. The summed E-state index contributed by atoms with van der Waals surface area (Å²) in [6.07, 6.45) is 20.2. The fourth-order valence-corrected chi connectivity index (χ4v) is 2.91. The highest BCUT2D eigenvalue weighted by atomic mass is 79.9. The summed E-state index contributed by atoms with van der Waals surface area (Å²) in [4.78, 5) is 0. The van der Waals surface area contributed by atoms with E-state index >= 15 is 0 Å². The molecule has 1 nitrogen and oxygen atoms in total. The third kappa shape index (κ3) is 24.8. The van der Waals surface area contributed by atoms with Gasteiger partial charge < -0.3 is 5.32 Å². The van der Waals surface area contributed by atoms with Crippen LogP contribution in [0.15, 0.2) is 0 Å². The SMILES string of the molecule is Br.CCCCCCCCCCCCCCCCNCC(C)(C)C. The standard InChI is InChI=1S/C21H45N.BrH/c1-5-6-7-8-9-10-11-12-13-14-15-16-17-18-19-22-20-21(2,3)4;/h22H,5-20H2,1-4H3;1H. The number of nitrogens with one attached hydrogen (secondary N) is 1. The second-order valence-corrected chi connectivity index (χ2v) is 8.33. The highest BCUT2D eigenvalue weighted by Crippen LogP contribution is 2.13. The quantitative estimate of drug-likeness (QED) is 0.266. The summed E-state index contributed by atoms with van der Waals surface area (Å²) < 4.78 is 0. The van der Waals surface area contributed by atoms with Crippen LogP contribution in [0.5, 0.6) is 0 Å². The first-order valence-corrected chi connectivity index (χ1v) is 10.3. The molecule has 142 valence electrons. The molecule has 0 aliphatic heterocycles. The Morgan fingerprint density at radius 1 is 0.565 bits per heavy atom. The maximum Gasteiger partial charge on any atom is -0.0000126 e. The minimum Gasteiger partial charge on any atom is -0.316 e. The van der Waals surface area contributed by atoms with Gasteiger partial charge in [-0.05, 0) is 24.9 Å². The zero-order valence-corrected chi connectivity index (χ0v) is 18.4. The molecular formula is C21H46BrN. The molecule has 0 saturated heterocycles. The van der Waals surface area contributed by atoms with E-state index in [2.05, 4.69) is 33.0 Å². The lowest BCUT2D eigenvalue weighted by Crippen LogP contribution is -2.27. The molecule has 0 heterocycles. The molecule has 0 aliphatic rings. The van der Waals surface area contributed by atoms with Crippen LogP contribution in [0, 0.1) is 5.41 Å². The van der Waals surface area contributed by atoms with Gasteiger partial charge >= 0.3 is 0 Å². The molecule has 0 saturated carbocycles. The van der Waals surface area contributed by atoms with Gasteiger partial charge in [0.25, 0.3) is 0 Å². The van der Waals surface area contributed by atoms with Gasteiger partial charge in [-0.15, -0.1) is 17.0 Å². The lowest BCUT2D eigenvalue weighted by molar-refractivity contribution is 0.377. The number of rotatable bonds is 16. The summed E-state index contributed by atoms with van der Waals surface area (Å²) in [5.41, 5.74) is 0.427. The molecule has 0 rings (SSSR count). The Bertz CT molecular complexity index is 210. The first kappa shape index (κ1) is 25.7. The Hall–Kier alpha value is 0.440. The Kier molecular flexibility index (Phi) is 21.0. The molecule has 0 amide bonds. The Morgan fingerprint density at radius 3 is 1.26 bits per heavy atom. The first-order valence-electron chi connectivity index (χ1n) is 10.3. The summed E-state index contributed by atoms with van der Waals surface area (Å²) >= 11 is 0. The van der Waals surface area contributed by atoms with E-state index in [1.165, 1.54) is 96.4 Å². The summed E-state index contributed by atoms with van der Waals surface area (Å²) in [6, 6.07) is 0. The van der Waals surface area contributed by atoms with Crippen molar-refractivity contribution in [1.29, 1.82) is 0 Å². The van der Waals surface area contributed by atoms with E-state index in [-0.39, 0.29) is 17.0 Å². The van der Waals surface area contributed by atoms with E-state index < -0.39 is 0 Å². The lowest BCUT2D eigenvalue weighted by Gasteiger charge is -2.18. The lowest BCUT2D eigenvalue weighted by atomic mass is 9.97. The van der Waals surface area contributed by atoms with Gasteiger partial charge in [0.05, 0.1) is 0 Å². The summed E-state index contributed by atoms with van der Waals surface area (Å²) in [5, 5.41) is 3.57. The van der Waals surface area contributed by atoms with Gasteiger partial charge in [-0.1, -0.05) is 111 Å². The average Bonchev–Trinajstić information content (AvgIpc) is 2.45. The maximum absolute atomic E-state index is 3.57. The van der Waals surface area contributed by atoms with Crippen molar-refractivity contribution in [3.63, 3.8) is 0 Å². The fraction of sp³-hybridized carbons (Fsp3) is 1.00. The van der Waals surface area contributed by atoms with Crippen molar-refractivity contribution in [1.82, 2.24) is 5.32 Å². The van der Waals surface area contributed by atoms with E-state index in [1.54, 1.807) is 0 Å². The molecule has 23 heavy (non-hydrogen) atoms. The predicted octanol–water partition coefficient (Wildman–Crippen LogP) is 7.68. The summed E-state index contributed by atoms with van der Waals surface area (Å²) in [6.45, 7) is 11.5. The third-order valence-corrected chi connectivity index (χ3v) is 4.36. The molecule has 2 heteroatoms. The molecule has 0 unspecified atom stereocenters. The Balaban J connectivity index is 0. The molecule has 0 atom stereocenters. The second-order valence-electron chi connectivity index (χ2n) is 8.33. The number of unbranched alkanes of at least 4 members (excludes halogenated alkanes) is 13. The van der Waals surface area contributed by atoms with Crippen molar-refractivity contribution in [2.75, 3.05) is 13.1 Å².